The Morgan fingerprint density at radius 3 is 2.63 bits per heavy atom. The van der Waals surface area contributed by atoms with Gasteiger partial charge in [-0.15, -0.1) is 0 Å². The lowest BCUT2D eigenvalue weighted by atomic mass is 9.87. The van der Waals surface area contributed by atoms with Crippen molar-refractivity contribution in [2.24, 2.45) is 5.92 Å². The summed E-state index contributed by atoms with van der Waals surface area (Å²) < 4.78 is 27.0. The highest BCUT2D eigenvalue weighted by atomic mass is 32.2. The van der Waals surface area contributed by atoms with Crippen LogP contribution in [0.1, 0.15) is 44.1 Å². The molecule has 106 valence electrons. The zero-order valence-electron chi connectivity index (χ0n) is 11.6. The van der Waals surface area contributed by atoms with Gasteiger partial charge in [-0.3, -0.25) is 0 Å². The first-order valence-corrected chi connectivity index (χ1v) is 8.62. The largest absolute Gasteiger partial charge is 0.240 e. The third-order valence-electron chi connectivity index (χ3n) is 3.87. The smallest absolute Gasteiger partial charge is 0.211 e. The zero-order chi connectivity index (χ0) is 13.7. The summed E-state index contributed by atoms with van der Waals surface area (Å²) in [6, 6.07) is 7.05. The van der Waals surface area contributed by atoms with Gasteiger partial charge in [0, 0.05) is 6.54 Å². The molecule has 0 saturated heterocycles. The van der Waals surface area contributed by atoms with Crippen LogP contribution in [-0.2, 0) is 10.0 Å². The highest BCUT2D eigenvalue weighted by Gasteiger charge is 2.16. The van der Waals surface area contributed by atoms with Gasteiger partial charge in [-0.25, -0.2) is 13.1 Å². The van der Waals surface area contributed by atoms with Crippen molar-refractivity contribution in [2.45, 2.75) is 50.3 Å². The summed E-state index contributed by atoms with van der Waals surface area (Å²) in [6.45, 7) is 2.46. The molecule has 0 bridgehead atoms. The lowest BCUT2D eigenvalue weighted by Gasteiger charge is -2.21. The van der Waals surface area contributed by atoms with Crippen LogP contribution in [-0.4, -0.2) is 15.0 Å². The van der Waals surface area contributed by atoms with E-state index in [1.54, 1.807) is 18.2 Å². The second-order valence-electron chi connectivity index (χ2n) is 5.51. The molecule has 1 saturated carbocycles. The molecule has 0 atom stereocenters. The average molecular weight is 281 g/mol. The number of hydrogen-bond donors (Lipinski definition) is 1. The molecule has 0 aromatic heterocycles. The van der Waals surface area contributed by atoms with Gasteiger partial charge in [0.15, 0.2) is 0 Å². The predicted molar refractivity (Wildman–Crippen MR) is 77.6 cm³/mol. The Hall–Kier alpha value is -0.870. The fourth-order valence-corrected chi connectivity index (χ4v) is 3.89. The van der Waals surface area contributed by atoms with Crippen molar-refractivity contribution in [3.05, 3.63) is 29.8 Å². The van der Waals surface area contributed by atoms with E-state index in [-0.39, 0.29) is 0 Å². The maximum atomic E-state index is 12.1. The van der Waals surface area contributed by atoms with Gasteiger partial charge in [0.2, 0.25) is 10.0 Å². The van der Waals surface area contributed by atoms with E-state index in [9.17, 15) is 8.42 Å². The lowest BCUT2D eigenvalue weighted by Crippen LogP contribution is -2.26. The van der Waals surface area contributed by atoms with Crippen molar-refractivity contribution in [2.75, 3.05) is 6.54 Å². The molecule has 4 heteroatoms. The molecular formula is C15H23NO2S. The van der Waals surface area contributed by atoms with Crippen LogP contribution in [0.4, 0.5) is 0 Å². The Morgan fingerprint density at radius 1 is 1.21 bits per heavy atom. The molecule has 19 heavy (non-hydrogen) atoms. The summed E-state index contributed by atoms with van der Waals surface area (Å²) in [6.07, 6.45) is 7.42. The van der Waals surface area contributed by atoms with Crippen molar-refractivity contribution < 1.29 is 8.42 Å². The summed E-state index contributed by atoms with van der Waals surface area (Å²) in [5.74, 6) is 0.703. The fraction of sp³-hybridized carbons (Fsp3) is 0.600. The third-order valence-corrected chi connectivity index (χ3v) is 5.33. The molecule has 0 radical (unpaired) electrons. The number of aryl methyl sites for hydroxylation is 1. The Labute approximate surface area is 116 Å². The number of sulfonamides is 1. The second kappa shape index (κ2) is 6.53. The van der Waals surface area contributed by atoms with E-state index in [0.29, 0.717) is 17.4 Å². The maximum absolute atomic E-state index is 12.1. The van der Waals surface area contributed by atoms with E-state index < -0.39 is 10.0 Å². The van der Waals surface area contributed by atoms with Crippen molar-refractivity contribution in [3.63, 3.8) is 0 Å². The zero-order valence-corrected chi connectivity index (χ0v) is 12.4. The van der Waals surface area contributed by atoms with Crippen LogP contribution >= 0.6 is 0 Å². The van der Waals surface area contributed by atoms with Crippen LogP contribution in [0, 0.1) is 12.8 Å². The van der Waals surface area contributed by atoms with Crippen molar-refractivity contribution in [1.29, 1.82) is 0 Å². The van der Waals surface area contributed by atoms with E-state index >= 15 is 0 Å². The first kappa shape index (κ1) is 14.5. The summed E-state index contributed by atoms with van der Waals surface area (Å²) >= 11 is 0. The minimum absolute atomic E-state index is 0.371. The van der Waals surface area contributed by atoms with Gasteiger partial charge < -0.3 is 0 Å². The topological polar surface area (TPSA) is 46.2 Å². The van der Waals surface area contributed by atoms with Crippen LogP contribution in [0.5, 0.6) is 0 Å². The standard InChI is InChI=1S/C15H23NO2S/c1-13-6-5-9-15(12-13)19(17,18)16-11-10-14-7-3-2-4-8-14/h5-6,9,12,14,16H,2-4,7-8,10-11H2,1H3. The fourth-order valence-electron chi connectivity index (χ4n) is 2.74. The molecular weight excluding hydrogens is 258 g/mol. The molecule has 1 aliphatic rings. The molecule has 1 aromatic rings. The van der Waals surface area contributed by atoms with Crippen molar-refractivity contribution >= 4 is 10.0 Å². The maximum Gasteiger partial charge on any atom is 0.240 e. The van der Waals surface area contributed by atoms with Crippen LogP contribution in [0.2, 0.25) is 0 Å². The Morgan fingerprint density at radius 2 is 1.95 bits per heavy atom. The molecule has 1 fully saturated rings. The van der Waals surface area contributed by atoms with Crippen molar-refractivity contribution in [3.8, 4) is 0 Å². The van der Waals surface area contributed by atoms with Gasteiger partial charge in [-0.1, -0.05) is 44.2 Å². The first-order chi connectivity index (χ1) is 9.08. The minimum Gasteiger partial charge on any atom is -0.211 e. The first-order valence-electron chi connectivity index (χ1n) is 7.14. The Bertz CT molecular complexity index is 505. The van der Waals surface area contributed by atoms with Gasteiger partial charge in [-0.2, -0.15) is 0 Å². The number of rotatable bonds is 5. The third kappa shape index (κ3) is 4.32. The predicted octanol–water partition coefficient (Wildman–Crippen LogP) is 3.24. The van der Waals surface area contributed by atoms with Gasteiger partial charge in [0.05, 0.1) is 4.90 Å². The molecule has 0 heterocycles. The van der Waals surface area contributed by atoms with Crippen LogP contribution < -0.4 is 4.72 Å². The van der Waals surface area contributed by atoms with Crippen LogP contribution in [0.25, 0.3) is 0 Å². The highest BCUT2D eigenvalue weighted by Crippen LogP contribution is 2.25. The van der Waals surface area contributed by atoms with Gasteiger partial charge >= 0.3 is 0 Å². The van der Waals surface area contributed by atoms with Crippen LogP contribution in [0.15, 0.2) is 29.2 Å². The summed E-state index contributed by atoms with van der Waals surface area (Å²) in [5.41, 5.74) is 0.968. The van der Waals surface area contributed by atoms with E-state index in [1.807, 2.05) is 13.0 Å². The lowest BCUT2D eigenvalue weighted by molar-refractivity contribution is 0.339. The van der Waals surface area contributed by atoms with Crippen LogP contribution in [0.3, 0.4) is 0 Å². The molecule has 1 N–H and O–H groups in total. The number of benzene rings is 1. The Balaban J connectivity index is 1.87. The number of nitrogens with one attached hydrogen (secondary N) is 1. The molecule has 2 rings (SSSR count). The summed E-state index contributed by atoms with van der Waals surface area (Å²) in [4.78, 5) is 0.371. The molecule has 1 aliphatic carbocycles. The van der Waals surface area contributed by atoms with Gasteiger partial charge in [0.1, 0.15) is 0 Å². The molecule has 0 unspecified atom stereocenters. The summed E-state index contributed by atoms with van der Waals surface area (Å²) in [5, 5.41) is 0. The number of hydrogen-bond acceptors (Lipinski definition) is 2. The Kier molecular flexibility index (Phi) is 4.99. The van der Waals surface area contributed by atoms with E-state index in [0.717, 1.165) is 12.0 Å². The van der Waals surface area contributed by atoms with E-state index in [1.165, 1.54) is 32.1 Å². The molecule has 1 aromatic carbocycles. The van der Waals surface area contributed by atoms with Gasteiger partial charge in [0.25, 0.3) is 0 Å². The monoisotopic (exact) mass is 281 g/mol. The molecule has 0 spiro atoms. The highest BCUT2D eigenvalue weighted by molar-refractivity contribution is 7.89. The van der Waals surface area contributed by atoms with E-state index in [2.05, 4.69) is 4.72 Å². The van der Waals surface area contributed by atoms with Crippen molar-refractivity contribution in [1.82, 2.24) is 4.72 Å². The average Bonchev–Trinajstić information content (AvgIpc) is 2.40. The molecule has 0 amide bonds. The second-order valence-corrected chi connectivity index (χ2v) is 7.27. The quantitative estimate of drug-likeness (QED) is 0.900. The SMILES string of the molecule is Cc1cccc(S(=O)(=O)NCCC2CCCCC2)c1. The summed E-state index contributed by atoms with van der Waals surface area (Å²) in [7, 11) is -3.33. The minimum atomic E-state index is -3.33. The van der Waals surface area contributed by atoms with Gasteiger partial charge in [-0.05, 0) is 37.0 Å². The van der Waals surface area contributed by atoms with E-state index in [4.69, 9.17) is 0 Å². The molecule has 0 aliphatic heterocycles. The molecule has 3 nitrogen and oxygen atoms in total. The normalized spacial score (nSPS) is 17.5.